The van der Waals surface area contributed by atoms with E-state index in [0.29, 0.717) is 12.5 Å². The number of amides is 1. The van der Waals surface area contributed by atoms with Crippen LogP contribution in [0.5, 0.6) is 0 Å². The molecule has 1 saturated carbocycles. The minimum Gasteiger partial charge on any atom is -0.354 e. The van der Waals surface area contributed by atoms with Crippen LogP contribution in [0.15, 0.2) is 0 Å². The van der Waals surface area contributed by atoms with E-state index in [2.05, 4.69) is 24.6 Å². The molecule has 78 valence electrons. The minimum absolute atomic E-state index is 0.0760. The van der Waals surface area contributed by atoms with Crippen molar-refractivity contribution in [2.24, 2.45) is 11.3 Å². The molecule has 0 aliphatic heterocycles. The maximum Gasteiger partial charge on any atom is 0.240 e. The van der Waals surface area contributed by atoms with Gasteiger partial charge in [-0.25, -0.2) is 0 Å². The summed E-state index contributed by atoms with van der Waals surface area (Å²) in [4.78, 5) is 11.5. The molecule has 0 aromatic heterocycles. The second-order valence-electron chi connectivity index (χ2n) is 3.96. The number of nitrogens with one attached hydrogen (secondary N) is 1. The molecule has 1 amide bonds. The van der Waals surface area contributed by atoms with E-state index in [1.807, 2.05) is 0 Å². The van der Waals surface area contributed by atoms with Crippen molar-refractivity contribution in [2.75, 3.05) is 18.6 Å². The van der Waals surface area contributed by atoms with Crippen LogP contribution >= 0.6 is 11.8 Å². The lowest BCUT2D eigenvalue weighted by molar-refractivity contribution is -0.124. The van der Waals surface area contributed by atoms with Crippen molar-refractivity contribution in [3.63, 3.8) is 0 Å². The third-order valence-electron chi connectivity index (χ3n) is 2.46. The molecule has 0 radical (unpaired) electrons. The van der Waals surface area contributed by atoms with Gasteiger partial charge < -0.3 is 5.32 Å². The smallest absolute Gasteiger partial charge is 0.240 e. The van der Waals surface area contributed by atoms with Crippen LogP contribution in [0.2, 0.25) is 0 Å². The molecule has 0 bridgehead atoms. The third-order valence-corrected chi connectivity index (χ3v) is 3.36. The van der Waals surface area contributed by atoms with Crippen molar-refractivity contribution >= 4 is 17.7 Å². The quantitative estimate of drug-likeness (QED) is 0.749. The minimum atomic E-state index is -0.668. The summed E-state index contributed by atoms with van der Waals surface area (Å²) >= 11 is 1.77. The first-order chi connectivity index (χ1) is 6.64. The van der Waals surface area contributed by atoms with E-state index in [1.165, 1.54) is 0 Å². The van der Waals surface area contributed by atoms with Crippen molar-refractivity contribution in [1.82, 2.24) is 5.32 Å². The van der Waals surface area contributed by atoms with Crippen molar-refractivity contribution in [3.05, 3.63) is 0 Å². The van der Waals surface area contributed by atoms with E-state index in [4.69, 9.17) is 5.26 Å². The van der Waals surface area contributed by atoms with Gasteiger partial charge in [0.1, 0.15) is 5.41 Å². The Bertz CT molecular complexity index is 255. The Hall–Kier alpha value is -0.690. The summed E-state index contributed by atoms with van der Waals surface area (Å²) in [7, 11) is 0. The normalized spacial score (nSPS) is 19.5. The first kappa shape index (κ1) is 11.4. The van der Waals surface area contributed by atoms with Gasteiger partial charge in [-0.1, -0.05) is 6.92 Å². The lowest BCUT2D eigenvalue weighted by Crippen LogP contribution is -2.34. The fourth-order valence-corrected chi connectivity index (χ4v) is 1.98. The van der Waals surface area contributed by atoms with E-state index in [1.54, 1.807) is 11.8 Å². The molecule has 1 fully saturated rings. The highest BCUT2D eigenvalue weighted by atomic mass is 32.2. The zero-order valence-electron chi connectivity index (χ0n) is 8.67. The summed E-state index contributed by atoms with van der Waals surface area (Å²) in [5, 5.41) is 11.6. The van der Waals surface area contributed by atoms with Gasteiger partial charge in [0.2, 0.25) is 5.91 Å². The highest BCUT2D eigenvalue weighted by Crippen LogP contribution is 2.44. The molecular weight excluding hydrogens is 196 g/mol. The summed E-state index contributed by atoms with van der Waals surface area (Å²) in [5.41, 5.74) is -0.668. The Morgan fingerprint density at radius 1 is 1.71 bits per heavy atom. The largest absolute Gasteiger partial charge is 0.354 e. The van der Waals surface area contributed by atoms with Crippen LogP contribution in [-0.2, 0) is 4.79 Å². The number of rotatable bonds is 5. The number of nitriles is 1. The van der Waals surface area contributed by atoms with E-state index in [-0.39, 0.29) is 5.91 Å². The summed E-state index contributed by atoms with van der Waals surface area (Å²) in [6, 6.07) is 2.09. The number of thioether (sulfide) groups is 1. The van der Waals surface area contributed by atoms with Crippen LogP contribution < -0.4 is 5.32 Å². The Morgan fingerprint density at radius 3 is 2.79 bits per heavy atom. The van der Waals surface area contributed by atoms with Gasteiger partial charge >= 0.3 is 0 Å². The van der Waals surface area contributed by atoms with Gasteiger partial charge in [0, 0.05) is 6.54 Å². The molecule has 1 unspecified atom stereocenters. The molecule has 0 aromatic carbocycles. The topological polar surface area (TPSA) is 52.9 Å². The number of carbonyl (C=O) groups is 1. The fourth-order valence-electron chi connectivity index (χ4n) is 1.29. The number of hydrogen-bond donors (Lipinski definition) is 1. The summed E-state index contributed by atoms with van der Waals surface area (Å²) < 4.78 is 0. The fraction of sp³-hybridized carbons (Fsp3) is 0.800. The van der Waals surface area contributed by atoms with Gasteiger partial charge in [-0.3, -0.25) is 4.79 Å². The third kappa shape index (κ3) is 2.65. The van der Waals surface area contributed by atoms with Crippen LogP contribution in [0.3, 0.4) is 0 Å². The van der Waals surface area contributed by atoms with E-state index in [0.717, 1.165) is 18.6 Å². The van der Waals surface area contributed by atoms with E-state index in [9.17, 15) is 4.79 Å². The summed E-state index contributed by atoms with van der Waals surface area (Å²) in [6.45, 7) is 2.78. The van der Waals surface area contributed by atoms with Crippen molar-refractivity contribution < 1.29 is 4.79 Å². The second kappa shape index (κ2) is 4.70. The first-order valence-corrected chi connectivity index (χ1v) is 6.22. The van der Waals surface area contributed by atoms with Gasteiger partial charge in [0.25, 0.3) is 0 Å². The lowest BCUT2D eigenvalue weighted by atomic mass is 10.1. The maximum atomic E-state index is 11.5. The standard InChI is InChI=1S/C10H16N2OS/c1-8(6-14-2)5-12-9(13)10(7-11)3-4-10/h8H,3-6H2,1-2H3,(H,12,13). The van der Waals surface area contributed by atoms with Gasteiger partial charge in [-0.15, -0.1) is 0 Å². The number of carbonyl (C=O) groups excluding carboxylic acids is 1. The van der Waals surface area contributed by atoms with Gasteiger partial charge in [0.05, 0.1) is 6.07 Å². The summed E-state index contributed by atoms with van der Waals surface area (Å²) in [6.07, 6.45) is 3.51. The molecular formula is C10H16N2OS. The Morgan fingerprint density at radius 2 is 2.36 bits per heavy atom. The molecule has 1 aliphatic carbocycles. The molecule has 1 rings (SSSR count). The van der Waals surface area contributed by atoms with Gasteiger partial charge in [0.15, 0.2) is 0 Å². The van der Waals surface area contributed by atoms with Crippen LogP contribution in [0.1, 0.15) is 19.8 Å². The molecule has 14 heavy (non-hydrogen) atoms. The zero-order chi connectivity index (χ0) is 10.6. The predicted octanol–water partition coefficient (Wildman–Crippen LogP) is 1.41. The highest BCUT2D eigenvalue weighted by molar-refractivity contribution is 7.98. The molecule has 1 atom stereocenters. The van der Waals surface area contributed by atoms with Crippen molar-refractivity contribution in [1.29, 1.82) is 5.26 Å². The zero-order valence-corrected chi connectivity index (χ0v) is 9.49. The molecule has 0 saturated heterocycles. The Kier molecular flexibility index (Phi) is 3.82. The van der Waals surface area contributed by atoms with Crippen LogP contribution in [0.25, 0.3) is 0 Å². The Labute approximate surface area is 89.2 Å². The molecule has 1 N–H and O–H groups in total. The van der Waals surface area contributed by atoms with Crippen LogP contribution in [-0.4, -0.2) is 24.5 Å². The predicted molar refractivity (Wildman–Crippen MR) is 57.8 cm³/mol. The van der Waals surface area contributed by atoms with Crippen molar-refractivity contribution in [3.8, 4) is 6.07 Å². The molecule has 3 nitrogen and oxygen atoms in total. The monoisotopic (exact) mass is 212 g/mol. The SMILES string of the molecule is CSCC(C)CNC(=O)C1(C#N)CC1. The van der Waals surface area contributed by atoms with E-state index < -0.39 is 5.41 Å². The first-order valence-electron chi connectivity index (χ1n) is 4.83. The lowest BCUT2D eigenvalue weighted by Gasteiger charge is -2.12. The Balaban J connectivity index is 2.26. The molecule has 4 heteroatoms. The molecule has 0 aromatic rings. The highest BCUT2D eigenvalue weighted by Gasteiger charge is 2.50. The number of hydrogen-bond acceptors (Lipinski definition) is 3. The van der Waals surface area contributed by atoms with E-state index >= 15 is 0 Å². The van der Waals surface area contributed by atoms with Gasteiger partial charge in [-0.05, 0) is 30.8 Å². The average Bonchev–Trinajstić information content (AvgIpc) is 2.95. The van der Waals surface area contributed by atoms with Crippen LogP contribution in [0.4, 0.5) is 0 Å². The number of nitrogens with zero attached hydrogens (tertiary/aromatic N) is 1. The van der Waals surface area contributed by atoms with Crippen molar-refractivity contribution in [2.45, 2.75) is 19.8 Å². The van der Waals surface area contributed by atoms with Gasteiger partial charge in [-0.2, -0.15) is 17.0 Å². The summed E-state index contributed by atoms with van der Waals surface area (Å²) in [5.74, 6) is 1.44. The molecule has 0 heterocycles. The maximum absolute atomic E-state index is 11.5. The molecule has 0 spiro atoms. The second-order valence-corrected chi connectivity index (χ2v) is 4.88. The molecule has 1 aliphatic rings. The average molecular weight is 212 g/mol. The van der Waals surface area contributed by atoms with Crippen LogP contribution in [0, 0.1) is 22.7 Å².